The van der Waals surface area contributed by atoms with Crippen molar-refractivity contribution in [3.05, 3.63) is 90.0 Å². The van der Waals surface area contributed by atoms with E-state index in [1.54, 1.807) is 4.90 Å². The van der Waals surface area contributed by atoms with Gasteiger partial charge in [-0.15, -0.1) is 0 Å². The molecule has 1 saturated heterocycles. The summed E-state index contributed by atoms with van der Waals surface area (Å²) < 4.78 is 14.8. The number of carboxylic acids is 1. The van der Waals surface area contributed by atoms with Crippen molar-refractivity contribution in [2.45, 2.75) is 50.2 Å². The van der Waals surface area contributed by atoms with Gasteiger partial charge in [0.05, 0.1) is 5.92 Å². The first kappa shape index (κ1) is 27.5. The molecule has 2 N–H and O–H groups in total. The molecule has 2 unspecified atom stereocenters. The number of piperidine rings is 1. The van der Waals surface area contributed by atoms with E-state index in [-0.39, 0.29) is 5.92 Å². The second-order valence-corrected chi connectivity index (χ2v) is 11.3. The summed E-state index contributed by atoms with van der Waals surface area (Å²) in [4.78, 5) is 27.4. The highest BCUT2D eigenvalue weighted by atomic mass is 32.2. The van der Waals surface area contributed by atoms with Gasteiger partial charge in [-0.05, 0) is 80.6 Å². The van der Waals surface area contributed by atoms with Crippen LogP contribution in [-0.4, -0.2) is 40.8 Å². The summed E-state index contributed by atoms with van der Waals surface area (Å²) in [5.74, 6) is -0.161. The Balaban J connectivity index is 1.39. The minimum absolute atomic E-state index is 0.311. The van der Waals surface area contributed by atoms with E-state index < -0.39 is 23.6 Å². The van der Waals surface area contributed by atoms with Gasteiger partial charge >= 0.3 is 12.1 Å². The Morgan fingerprint density at radius 2 is 1.74 bits per heavy atom. The zero-order chi connectivity index (χ0) is 27.1. The molecule has 0 bridgehead atoms. The Kier molecular flexibility index (Phi) is 8.97. The monoisotopic (exact) mass is 534 g/mol. The lowest BCUT2D eigenvalue weighted by atomic mass is 9.80. The topological polar surface area (TPSA) is 88.1 Å². The third-order valence-corrected chi connectivity index (χ3v) is 6.99. The second-order valence-electron chi connectivity index (χ2n) is 10.3. The Labute approximate surface area is 228 Å². The van der Waals surface area contributed by atoms with Crippen LogP contribution in [0, 0.1) is 5.92 Å². The van der Waals surface area contributed by atoms with Crippen molar-refractivity contribution in [1.82, 2.24) is 9.62 Å². The Hall–Kier alpha value is -3.49. The average Bonchev–Trinajstić information content (AvgIpc) is 2.88. The third kappa shape index (κ3) is 7.76. The molecule has 0 radical (unpaired) electrons. The maximum atomic E-state index is 12.7. The van der Waals surface area contributed by atoms with Gasteiger partial charge in [-0.25, -0.2) is 4.79 Å². The highest BCUT2D eigenvalue weighted by Crippen LogP contribution is 2.34. The molecule has 1 heterocycles. The van der Waals surface area contributed by atoms with Crippen molar-refractivity contribution in [3.8, 4) is 11.5 Å². The molecule has 7 nitrogen and oxygen atoms in total. The first-order valence-electron chi connectivity index (χ1n) is 12.7. The van der Waals surface area contributed by atoms with Gasteiger partial charge < -0.3 is 19.5 Å². The lowest BCUT2D eigenvalue weighted by Crippen LogP contribution is -2.46. The number of aliphatic carboxylic acids is 1. The number of nitrogens with one attached hydrogen (secondary N) is 1. The molecule has 1 amide bonds. The molecular weight excluding hydrogens is 500 g/mol. The van der Waals surface area contributed by atoms with Gasteiger partial charge in [0.15, 0.2) is 0 Å². The zero-order valence-electron chi connectivity index (χ0n) is 21.9. The number of para-hydroxylation sites is 1. The highest BCUT2D eigenvalue weighted by molar-refractivity contribution is 7.97. The number of nitrogens with zero attached hydrogens (tertiary/aromatic N) is 1. The van der Waals surface area contributed by atoms with Gasteiger partial charge in [-0.1, -0.05) is 48.5 Å². The van der Waals surface area contributed by atoms with E-state index in [9.17, 15) is 14.7 Å². The first-order valence-corrected chi connectivity index (χ1v) is 13.5. The molecule has 3 aromatic carbocycles. The average molecular weight is 535 g/mol. The molecular formula is C30H34N2O5S. The lowest BCUT2D eigenvalue weighted by molar-refractivity contribution is -0.144. The van der Waals surface area contributed by atoms with Crippen LogP contribution in [0.3, 0.4) is 0 Å². The summed E-state index contributed by atoms with van der Waals surface area (Å²) in [6.45, 7) is 6.75. The number of carbonyl (C=O) groups excluding carboxylic acids is 1. The lowest BCUT2D eigenvalue weighted by Gasteiger charge is -2.37. The molecule has 1 aliphatic rings. The van der Waals surface area contributed by atoms with Crippen molar-refractivity contribution in [1.29, 1.82) is 0 Å². The van der Waals surface area contributed by atoms with E-state index in [0.29, 0.717) is 26.1 Å². The number of carbonyl (C=O) groups is 2. The first-order chi connectivity index (χ1) is 18.2. The van der Waals surface area contributed by atoms with Crippen LogP contribution in [0.2, 0.25) is 0 Å². The second kappa shape index (κ2) is 12.4. The summed E-state index contributed by atoms with van der Waals surface area (Å²) in [6, 6.07) is 25.4. The van der Waals surface area contributed by atoms with Crippen LogP contribution in [-0.2, 0) is 16.1 Å². The molecule has 38 heavy (non-hydrogen) atoms. The van der Waals surface area contributed by atoms with Gasteiger partial charge in [0.1, 0.15) is 17.1 Å². The van der Waals surface area contributed by atoms with Crippen molar-refractivity contribution >= 4 is 24.0 Å². The van der Waals surface area contributed by atoms with Crippen molar-refractivity contribution in [3.63, 3.8) is 0 Å². The molecule has 0 spiro atoms. The van der Waals surface area contributed by atoms with Crippen LogP contribution >= 0.6 is 11.9 Å². The fourth-order valence-corrected chi connectivity index (χ4v) is 5.17. The van der Waals surface area contributed by atoms with Gasteiger partial charge in [0, 0.05) is 30.4 Å². The molecule has 2 atom stereocenters. The van der Waals surface area contributed by atoms with Crippen LogP contribution in [0.5, 0.6) is 11.5 Å². The molecule has 0 saturated carbocycles. The SMILES string of the molecule is CC(C)(C)OC(=O)N1CCC(C(=O)O)C(c2cccc(CNSc3cccc(Oc4ccccc4)c3)c2)C1. The van der Waals surface area contributed by atoms with Crippen LogP contribution in [0.1, 0.15) is 44.2 Å². The highest BCUT2D eigenvalue weighted by Gasteiger charge is 2.38. The van der Waals surface area contributed by atoms with Crippen molar-refractivity contribution < 1.29 is 24.2 Å². The minimum Gasteiger partial charge on any atom is -0.481 e. The molecule has 4 rings (SSSR count). The van der Waals surface area contributed by atoms with Gasteiger partial charge in [-0.2, -0.15) is 0 Å². The number of rotatable bonds is 8. The Bertz CT molecular complexity index is 1240. The van der Waals surface area contributed by atoms with E-state index >= 15 is 0 Å². The third-order valence-electron chi connectivity index (χ3n) is 6.21. The molecule has 1 aliphatic heterocycles. The molecule has 3 aromatic rings. The number of hydrogen-bond donors (Lipinski definition) is 2. The van der Waals surface area contributed by atoms with Crippen LogP contribution in [0.25, 0.3) is 0 Å². The van der Waals surface area contributed by atoms with E-state index in [0.717, 1.165) is 27.5 Å². The smallest absolute Gasteiger partial charge is 0.410 e. The number of likely N-dealkylation sites (tertiary alicyclic amines) is 1. The molecule has 0 aromatic heterocycles. The number of benzene rings is 3. The van der Waals surface area contributed by atoms with Gasteiger partial charge in [-0.3, -0.25) is 9.52 Å². The van der Waals surface area contributed by atoms with E-state index in [4.69, 9.17) is 9.47 Å². The minimum atomic E-state index is -0.837. The standard InChI is InChI=1S/C30H34N2O5S/c1-30(2,3)37-29(35)32-16-15-26(28(33)34)27(20-32)22-10-7-9-21(17-22)19-31-38-25-14-8-13-24(18-25)36-23-11-5-4-6-12-23/h4-14,17-18,26-27,31H,15-16,19-20H2,1-3H3,(H,33,34). The van der Waals surface area contributed by atoms with Crippen LogP contribution < -0.4 is 9.46 Å². The number of ether oxygens (including phenoxy) is 2. The summed E-state index contributed by atoms with van der Waals surface area (Å²) >= 11 is 1.50. The van der Waals surface area contributed by atoms with Crippen LogP contribution in [0.4, 0.5) is 4.79 Å². The predicted molar refractivity (Wildman–Crippen MR) is 148 cm³/mol. The Morgan fingerprint density at radius 3 is 2.47 bits per heavy atom. The maximum Gasteiger partial charge on any atom is 0.410 e. The summed E-state index contributed by atoms with van der Waals surface area (Å²) in [7, 11) is 0. The predicted octanol–water partition coefficient (Wildman–Crippen LogP) is 6.70. The summed E-state index contributed by atoms with van der Waals surface area (Å²) in [5, 5.41) is 9.87. The van der Waals surface area contributed by atoms with Gasteiger partial charge in [0.2, 0.25) is 0 Å². The van der Waals surface area contributed by atoms with E-state index in [1.165, 1.54) is 11.9 Å². The summed E-state index contributed by atoms with van der Waals surface area (Å²) in [6.07, 6.45) is -0.0158. The molecule has 0 aliphatic carbocycles. The largest absolute Gasteiger partial charge is 0.481 e. The van der Waals surface area contributed by atoms with E-state index in [2.05, 4.69) is 4.72 Å². The fourth-order valence-electron chi connectivity index (χ4n) is 4.44. The number of hydrogen-bond acceptors (Lipinski definition) is 6. The quantitative estimate of drug-likeness (QED) is 0.311. The molecule has 8 heteroatoms. The van der Waals surface area contributed by atoms with E-state index in [1.807, 2.05) is 99.6 Å². The normalized spacial score (nSPS) is 17.6. The molecule has 1 fully saturated rings. The van der Waals surface area contributed by atoms with Gasteiger partial charge in [0.25, 0.3) is 0 Å². The number of carboxylic acid groups (broad SMARTS) is 1. The fraction of sp³-hybridized carbons (Fsp3) is 0.333. The van der Waals surface area contributed by atoms with Crippen molar-refractivity contribution in [2.24, 2.45) is 5.92 Å². The molecule has 200 valence electrons. The Morgan fingerprint density at radius 1 is 1.00 bits per heavy atom. The maximum absolute atomic E-state index is 12.7. The van der Waals surface area contributed by atoms with Crippen LogP contribution in [0.15, 0.2) is 83.8 Å². The zero-order valence-corrected chi connectivity index (χ0v) is 22.7. The summed E-state index contributed by atoms with van der Waals surface area (Å²) in [5.41, 5.74) is 1.34. The van der Waals surface area contributed by atoms with Crippen molar-refractivity contribution in [2.75, 3.05) is 13.1 Å². The number of amides is 1.